The fraction of sp³-hybridized carbons (Fsp3) is 0.333. The third kappa shape index (κ3) is 5.18. The minimum Gasteiger partial charge on any atom is -0.387 e. The molecule has 5 nitrogen and oxygen atoms in total. The molecule has 1 saturated carbocycles. The largest absolute Gasteiger partial charge is 0.433 e. The van der Waals surface area contributed by atoms with E-state index in [4.69, 9.17) is 0 Å². The number of para-hydroxylation sites is 1. The first-order chi connectivity index (χ1) is 15.7. The van der Waals surface area contributed by atoms with Crippen molar-refractivity contribution in [1.82, 2.24) is 10.3 Å². The van der Waals surface area contributed by atoms with Crippen molar-refractivity contribution >= 4 is 28.2 Å². The van der Waals surface area contributed by atoms with Gasteiger partial charge in [0.05, 0.1) is 11.1 Å². The van der Waals surface area contributed by atoms with E-state index in [0.717, 1.165) is 31.4 Å². The first-order valence-electron chi connectivity index (χ1n) is 10.8. The molecule has 0 unspecified atom stereocenters. The number of fused-ring (bicyclic) bond motifs is 1. The van der Waals surface area contributed by atoms with Crippen LogP contribution in [0.25, 0.3) is 10.9 Å². The molecule has 174 valence electrons. The predicted octanol–water partition coefficient (Wildman–Crippen LogP) is 5.59. The molecule has 0 aliphatic heterocycles. The Bertz CT molecular complexity index is 1160. The lowest BCUT2D eigenvalue weighted by atomic mass is 9.90. The van der Waals surface area contributed by atoms with Crippen molar-refractivity contribution in [2.75, 3.05) is 17.7 Å². The van der Waals surface area contributed by atoms with Crippen molar-refractivity contribution in [1.29, 1.82) is 0 Å². The Hall–Kier alpha value is -3.36. The molecule has 1 amide bonds. The van der Waals surface area contributed by atoms with Gasteiger partial charge >= 0.3 is 6.18 Å². The molecule has 0 bridgehead atoms. The highest BCUT2D eigenvalue weighted by Gasteiger charge is 2.34. The van der Waals surface area contributed by atoms with Gasteiger partial charge in [0.15, 0.2) is 0 Å². The summed E-state index contributed by atoms with van der Waals surface area (Å²) in [4.78, 5) is 16.4. The van der Waals surface area contributed by atoms with E-state index in [-0.39, 0.29) is 34.6 Å². The van der Waals surface area contributed by atoms with E-state index in [1.165, 1.54) is 12.1 Å². The van der Waals surface area contributed by atoms with E-state index in [2.05, 4.69) is 20.9 Å². The summed E-state index contributed by atoms with van der Waals surface area (Å²) in [5.74, 6) is -0.759. The number of hydrogen-bond donors (Lipinski definition) is 3. The predicted molar refractivity (Wildman–Crippen MR) is 120 cm³/mol. The van der Waals surface area contributed by atoms with Crippen LogP contribution in [0.2, 0.25) is 0 Å². The Labute approximate surface area is 188 Å². The summed E-state index contributed by atoms with van der Waals surface area (Å²) in [5.41, 5.74) is 0.460. The van der Waals surface area contributed by atoms with Crippen LogP contribution in [0.15, 0.2) is 48.5 Å². The molecular formula is C24H24F4N4O. The van der Waals surface area contributed by atoms with Crippen molar-refractivity contribution in [2.24, 2.45) is 0 Å². The van der Waals surface area contributed by atoms with Crippen molar-refractivity contribution in [2.45, 2.75) is 43.9 Å². The number of benzene rings is 2. The number of halogens is 4. The summed E-state index contributed by atoms with van der Waals surface area (Å²) >= 11 is 0. The Kier molecular flexibility index (Phi) is 6.40. The smallest absolute Gasteiger partial charge is 0.387 e. The SMILES string of the molecule is CNc1ccccc1C(=O)N[C@@H]1CCC[C@H](Nc2cc(C(F)(F)F)nc3ccc(F)cc23)C1. The second-order valence-electron chi connectivity index (χ2n) is 8.19. The Morgan fingerprint density at radius 2 is 1.79 bits per heavy atom. The van der Waals surface area contributed by atoms with Gasteiger partial charge in [0, 0.05) is 35.9 Å². The molecule has 3 N–H and O–H groups in total. The maximum Gasteiger partial charge on any atom is 0.433 e. The molecule has 1 heterocycles. The lowest BCUT2D eigenvalue weighted by molar-refractivity contribution is -0.140. The maximum atomic E-state index is 13.8. The van der Waals surface area contributed by atoms with Gasteiger partial charge in [-0.3, -0.25) is 4.79 Å². The number of anilines is 2. The summed E-state index contributed by atoms with van der Waals surface area (Å²) in [6.07, 6.45) is -1.80. The average molecular weight is 460 g/mol. The minimum atomic E-state index is -4.62. The van der Waals surface area contributed by atoms with Crippen molar-refractivity contribution in [3.63, 3.8) is 0 Å². The van der Waals surface area contributed by atoms with Gasteiger partial charge in [0.25, 0.3) is 5.91 Å². The minimum absolute atomic E-state index is 0.0676. The molecule has 3 aromatic rings. The highest BCUT2D eigenvalue weighted by Crippen LogP contribution is 2.34. The van der Waals surface area contributed by atoms with Gasteiger partial charge in [-0.15, -0.1) is 0 Å². The molecule has 1 aliphatic rings. The van der Waals surface area contributed by atoms with Crippen LogP contribution in [0.5, 0.6) is 0 Å². The number of amides is 1. The van der Waals surface area contributed by atoms with Crippen LogP contribution in [-0.2, 0) is 6.18 Å². The summed E-state index contributed by atoms with van der Waals surface area (Å²) in [6, 6.07) is 11.3. The summed E-state index contributed by atoms with van der Waals surface area (Å²) in [6.45, 7) is 0. The van der Waals surface area contributed by atoms with Gasteiger partial charge in [-0.25, -0.2) is 9.37 Å². The number of pyridine rings is 1. The van der Waals surface area contributed by atoms with E-state index in [0.29, 0.717) is 17.7 Å². The van der Waals surface area contributed by atoms with Crippen LogP contribution in [0.1, 0.15) is 41.7 Å². The van der Waals surface area contributed by atoms with Crippen LogP contribution < -0.4 is 16.0 Å². The molecule has 33 heavy (non-hydrogen) atoms. The van der Waals surface area contributed by atoms with E-state index in [1.54, 1.807) is 19.2 Å². The average Bonchev–Trinajstić information content (AvgIpc) is 2.78. The van der Waals surface area contributed by atoms with Crippen molar-refractivity contribution in [3.8, 4) is 0 Å². The number of aromatic nitrogens is 1. The number of nitrogens with zero attached hydrogens (tertiary/aromatic N) is 1. The Morgan fingerprint density at radius 3 is 2.55 bits per heavy atom. The van der Waals surface area contributed by atoms with E-state index in [9.17, 15) is 22.4 Å². The molecular weight excluding hydrogens is 436 g/mol. The van der Waals surface area contributed by atoms with Crippen LogP contribution in [0.4, 0.5) is 28.9 Å². The van der Waals surface area contributed by atoms with Crippen LogP contribution >= 0.6 is 0 Å². The third-order valence-corrected chi connectivity index (χ3v) is 5.87. The van der Waals surface area contributed by atoms with Crippen LogP contribution in [-0.4, -0.2) is 30.0 Å². The zero-order valence-corrected chi connectivity index (χ0v) is 18.0. The number of alkyl halides is 3. The zero-order chi connectivity index (χ0) is 23.6. The van der Waals surface area contributed by atoms with Gasteiger partial charge in [-0.2, -0.15) is 13.2 Å². The number of rotatable bonds is 5. The van der Waals surface area contributed by atoms with Gasteiger partial charge in [-0.05, 0) is 62.1 Å². The first-order valence-corrected chi connectivity index (χ1v) is 10.8. The number of carbonyl (C=O) groups is 1. The van der Waals surface area contributed by atoms with Gasteiger partial charge < -0.3 is 16.0 Å². The normalized spacial score (nSPS) is 18.7. The summed E-state index contributed by atoms with van der Waals surface area (Å²) in [7, 11) is 1.74. The highest BCUT2D eigenvalue weighted by molar-refractivity contribution is 5.99. The maximum absolute atomic E-state index is 13.8. The lowest BCUT2D eigenvalue weighted by Gasteiger charge is -2.31. The number of carbonyl (C=O) groups excluding carboxylic acids is 1. The van der Waals surface area contributed by atoms with E-state index >= 15 is 0 Å². The van der Waals surface area contributed by atoms with Crippen LogP contribution in [0, 0.1) is 5.82 Å². The van der Waals surface area contributed by atoms with Crippen molar-refractivity contribution in [3.05, 3.63) is 65.6 Å². The summed E-state index contributed by atoms with van der Waals surface area (Å²) < 4.78 is 53.9. The lowest BCUT2D eigenvalue weighted by Crippen LogP contribution is -2.42. The van der Waals surface area contributed by atoms with Crippen LogP contribution in [0.3, 0.4) is 0 Å². The third-order valence-electron chi connectivity index (χ3n) is 5.87. The highest BCUT2D eigenvalue weighted by atomic mass is 19.4. The molecule has 2 aromatic carbocycles. The van der Waals surface area contributed by atoms with E-state index < -0.39 is 17.7 Å². The zero-order valence-electron chi connectivity index (χ0n) is 18.0. The topological polar surface area (TPSA) is 66.1 Å². The molecule has 1 aromatic heterocycles. The molecule has 0 radical (unpaired) electrons. The Morgan fingerprint density at radius 1 is 1.03 bits per heavy atom. The molecule has 1 aliphatic carbocycles. The van der Waals surface area contributed by atoms with Gasteiger partial charge in [0.1, 0.15) is 11.5 Å². The Balaban J connectivity index is 1.53. The van der Waals surface area contributed by atoms with E-state index in [1.807, 2.05) is 12.1 Å². The molecule has 9 heteroatoms. The quantitative estimate of drug-likeness (QED) is 0.435. The molecule has 0 spiro atoms. The second-order valence-corrected chi connectivity index (χ2v) is 8.19. The monoisotopic (exact) mass is 460 g/mol. The second kappa shape index (κ2) is 9.25. The van der Waals surface area contributed by atoms with Gasteiger partial charge in [-0.1, -0.05) is 12.1 Å². The molecule has 0 saturated heterocycles. The number of hydrogen-bond acceptors (Lipinski definition) is 4. The first kappa shape index (κ1) is 22.8. The molecule has 4 rings (SSSR count). The standard InChI is InChI=1S/C24H24F4N4O/c1-29-19-8-3-2-7-17(19)23(33)31-16-6-4-5-15(12-16)30-21-13-22(24(26,27)28)32-20-10-9-14(25)11-18(20)21/h2-3,7-11,13,15-16,29H,4-6,12H2,1H3,(H,30,32)(H,31,33)/t15-,16+/m0/s1. The van der Waals surface area contributed by atoms with Gasteiger partial charge in [0.2, 0.25) is 0 Å². The fourth-order valence-electron chi connectivity index (χ4n) is 4.30. The van der Waals surface area contributed by atoms with Crippen molar-refractivity contribution < 1.29 is 22.4 Å². The fourth-order valence-corrected chi connectivity index (χ4v) is 4.30. The number of nitrogens with one attached hydrogen (secondary N) is 3. The molecule has 2 atom stereocenters. The summed E-state index contributed by atoms with van der Waals surface area (Å²) in [5, 5.41) is 9.48. The molecule has 1 fully saturated rings.